The van der Waals surface area contributed by atoms with E-state index in [2.05, 4.69) is 33.0 Å². The average Bonchev–Trinajstić information content (AvgIpc) is 3.14. The summed E-state index contributed by atoms with van der Waals surface area (Å²) >= 11 is 0. The maximum Gasteiger partial charge on any atom is 0.312 e. The topological polar surface area (TPSA) is 57.5 Å². The second-order valence-electron chi connectivity index (χ2n) is 7.76. The molecule has 4 heteroatoms. The first-order valence-electron chi connectivity index (χ1n) is 7.76. The third-order valence-electron chi connectivity index (χ3n) is 4.91. The summed E-state index contributed by atoms with van der Waals surface area (Å²) in [5.74, 6) is -0.239. The van der Waals surface area contributed by atoms with Crippen molar-refractivity contribution in [3.8, 4) is 0 Å². The molecule has 0 bridgehead atoms. The van der Waals surface area contributed by atoms with Crippen LogP contribution in [0.15, 0.2) is 0 Å². The van der Waals surface area contributed by atoms with E-state index in [1.807, 2.05) is 6.92 Å². The van der Waals surface area contributed by atoms with Gasteiger partial charge in [0.05, 0.1) is 12.0 Å². The van der Waals surface area contributed by atoms with E-state index in [4.69, 9.17) is 9.47 Å². The van der Waals surface area contributed by atoms with Crippen molar-refractivity contribution < 1.29 is 14.3 Å². The van der Waals surface area contributed by atoms with Crippen LogP contribution in [0.4, 0.5) is 0 Å². The molecule has 1 aliphatic carbocycles. The molecule has 1 saturated heterocycles. The molecule has 0 amide bonds. The van der Waals surface area contributed by atoms with Crippen LogP contribution in [0.2, 0.25) is 0 Å². The second-order valence-corrected chi connectivity index (χ2v) is 7.76. The van der Waals surface area contributed by atoms with Crippen LogP contribution in [0.5, 0.6) is 0 Å². The summed E-state index contributed by atoms with van der Waals surface area (Å²) in [5, 5.41) is 3.14. The normalized spacial score (nSPS) is 29.8. The van der Waals surface area contributed by atoms with Gasteiger partial charge in [0, 0.05) is 12.6 Å². The molecule has 1 aliphatic heterocycles. The minimum atomic E-state index is -0.161. The number of hydrogen-bond acceptors (Lipinski definition) is 4. The van der Waals surface area contributed by atoms with Crippen molar-refractivity contribution in [1.82, 2.24) is 5.32 Å². The van der Waals surface area contributed by atoms with Crippen LogP contribution >= 0.6 is 0 Å². The predicted octanol–water partition coefficient (Wildman–Crippen LogP) is 2.72. The number of rotatable bonds is 5. The first-order chi connectivity index (χ1) is 9.24. The molecule has 116 valence electrons. The van der Waals surface area contributed by atoms with Gasteiger partial charge in [-0.05, 0) is 23.7 Å². The summed E-state index contributed by atoms with van der Waals surface area (Å²) < 4.78 is 11.3. The highest BCUT2D eigenvalue weighted by Gasteiger charge is 2.45. The molecule has 2 atom stereocenters. The smallest absolute Gasteiger partial charge is 0.312 e. The molecule has 1 heterocycles. The van der Waals surface area contributed by atoms with Crippen molar-refractivity contribution >= 4 is 5.97 Å². The SMILES string of the molecule is CC(C(=O)OCOC1C(C)(C)CCCC1(C)C)C1CN1. The fourth-order valence-corrected chi connectivity index (χ4v) is 3.65. The van der Waals surface area contributed by atoms with Crippen molar-refractivity contribution in [1.29, 1.82) is 0 Å². The fraction of sp³-hybridized carbons (Fsp3) is 0.938. The van der Waals surface area contributed by atoms with Crippen LogP contribution in [-0.2, 0) is 14.3 Å². The molecule has 1 N–H and O–H groups in total. The molecular formula is C16H29NO3. The van der Waals surface area contributed by atoms with Crippen LogP contribution in [0.25, 0.3) is 0 Å². The van der Waals surface area contributed by atoms with E-state index in [1.165, 1.54) is 6.42 Å². The zero-order valence-electron chi connectivity index (χ0n) is 13.5. The summed E-state index contributed by atoms with van der Waals surface area (Å²) in [6, 6.07) is 0.296. The van der Waals surface area contributed by atoms with Crippen LogP contribution < -0.4 is 5.32 Å². The molecule has 0 aromatic carbocycles. The molecule has 2 aliphatic rings. The number of ether oxygens (including phenoxy) is 2. The largest absolute Gasteiger partial charge is 0.438 e. The number of carbonyl (C=O) groups excluding carboxylic acids is 1. The molecule has 1 saturated carbocycles. The van der Waals surface area contributed by atoms with Gasteiger partial charge < -0.3 is 14.8 Å². The first kappa shape index (κ1) is 15.8. The van der Waals surface area contributed by atoms with Crippen molar-refractivity contribution in [2.24, 2.45) is 16.7 Å². The molecule has 2 rings (SSSR count). The molecule has 0 radical (unpaired) electrons. The number of hydrogen-bond donors (Lipinski definition) is 1. The molecule has 2 unspecified atom stereocenters. The van der Waals surface area contributed by atoms with E-state index in [0.29, 0.717) is 6.04 Å². The van der Waals surface area contributed by atoms with E-state index in [0.717, 1.165) is 19.4 Å². The molecule has 0 aromatic heterocycles. The monoisotopic (exact) mass is 283 g/mol. The Morgan fingerprint density at radius 1 is 1.25 bits per heavy atom. The standard InChI is InChI=1S/C16H29NO3/c1-11(12-9-17-12)13(18)19-10-20-14-15(2,3)7-6-8-16(14,4)5/h11-12,14,17H,6-10H2,1-5H3. The fourth-order valence-electron chi connectivity index (χ4n) is 3.65. The summed E-state index contributed by atoms with van der Waals surface area (Å²) in [6.07, 6.45) is 3.70. The average molecular weight is 283 g/mol. The molecule has 0 spiro atoms. The molecular weight excluding hydrogens is 254 g/mol. The lowest BCUT2D eigenvalue weighted by atomic mass is 9.63. The highest BCUT2D eigenvalue weighted by Crippen LogP contribution is 2.47. The minimum Gasteiger partial charge on any atom is -0.438 e. The number of carbonyl (C=O) groups is 1. The molecule has 20 heavy (non-hydrogen) atoms. The van der Waals surface area contributed by atoms with Crippen LogP contribution in [0, 0.1) is 16.7 Å². The summed E-state index contributed by atoms with van der Waals surface area (Å²) in [7, 11) is 0. The summed E-state index contributed by atoms with van der Waals surface area (Å²) in [4.78, 5) is 11.8. The zero-order chi connectivity index (χ0) is 15.0. The van der Waals surface area contributed by atoms with Gasteiger partial charge in [-0.15, -0.1) is 0 Å². The Bertz CT molecular complexity index is 345. The predicted molar refractivity (Wildman–Crippen MR) is 78.2 cm³/mol. The highest BCUT2D eigenvalue weighted by atomic mass is 16.7. The Morgan fingerprint density at radius 2 is 1.80 bits per heavy atom. The lowest BCUT2D eigenvalue weighted by Gasteiger charge is -2.48. The van der Waals surface area contributed by atoms with Gasteiger partial charge in [-0.3, -0.25) is 4.79 Å². The Kier molecular flexibility index (Phi) is 4.45. The van der Waals surface area contributed by atoms with Crippen LogP contribution in [0.3, 0.4) is 0 Å². The highest BCUT2D eigenvalue weighted by molar-refractivity contribution is 5.73. The second kappa shape index (κ2) is 5.64. The van der Waals surface area contributed by atoms with Gasteiger partial charge in [-0.1, -0.05) is 41.0 Å². The first-order valence-corrected chi connectivity index (χ1v) is 7.76. The van der Waals surface area contributed by atoms with Crippen LogP contribution in [-0.4, -0.2) is 31.5 Å². The summed E-state index contributed by atoms with van der Waals surface area (Å²) in [5.41, 5.74) is 0.273. The maximum atomic E-state index is 11.8. The van der Waals surface area contributed by atoms with Crippen molar-refractivity contribution in [2.45, 2.75) is 66.0 Å². The molecule has 2 fully saturated rings. The van der Waals surface area contributed by atoms with Crippen molar-refractivity contribution in [2.75, 3.05) is 13.3 Å². The summed E-state index contributed by atoms with van der Waals surface area (Å²) in [6.45, 7) is 11.9. The Labute approximate surface area is 122 Å². The number of nitrogens with one attached hydrogen (secondary N) is 1. The van der Waals surface area contributed by atoms with E-state index in [-0.39, 0.29) is 35.6 Å². The Balaban J connectivity index is 1.83. The number of esters is 1. The molecule has 0 aromatic rings. The Hall–Kier alpha value is -0.610. The van der Waals surface area contributed by atoms with Gasteiger partial charge >= 0.3 is 5.97 Å². The van der Waals surface area contributed by atoms with Gasteiger partial charge in [-0.2, -0.15) is 0 Å². The van der Waals surface area contributed by atoms with Crippen LogP contribution in [0.1, 0.15) is 53.9 Å². The molecule has 4 nitrogen and oxygen atoms in total. The quantitative estimate of drug-likeness (QED) is 0.479. The van der Waals surface area contributed by atoms with Gasteiger partial charge in [0.25, 0.3) is 0 Å². The van der Waals surface area contributed by atoms with Gasteiger partial charge in [0.2, 0.25) is 0 Å². The lowest BCUT2D eigenvalue weighted by Crippen LogP contribution is -2.47. The van der Waals surface area contributed by atoms with Gasteiger partial charge in [-0.25, -0.2) is 0 Å². The van der Waals surface area contributed by atoms with Gasteiger partial charge in [0.1, 0.15) is 0 Å². The third-order valence-corrected chi connectivity index (χ3v) is 4.91. The minimum absolute atomic E-state index is 0.0768. The zero-order valence-corrected chi connectivity index (χ0v) is 13.5. The van der Waals surface area contributed by atoms with Gasteiger partial charge in [0.15, 0.2) is 6.79 Å². The van der Waals surface area contributed by atoms with E-state index in [1.54, 1.807) is 0 Å². The maximum absolute atomic E-state index is 11.8. The van der Waals surface area contributed by atoms with Crippen molar-refractivity contribution in [3.05, 3.63) is 0 Å². The lowest BCUT2D eigenvalue weighted by molar-refractivity contribution is -0.191. The third kappa shape index (κ3) is 3.53. The van der Waals surface area contributed by atoms with E-state index < -0.39 is 0 Å². The Morgan fingerprint density at radius 3 is 2.30 bits per heavy atom. The van der Waals surface area contributed by atoms with Crippen molar-refractivity contribution in [3.63, 3.8) is 0 Å². The van der Waals surface area contributed by atoms with E-state index >= 15 is 0 Å². The van der Waals surface area contributed by atoms with E-state index in [9.17, 15) is 4.79 Å².